The monoisotopic (exact) mass is 446 g/mol. The second-order valence-electron chi connectivity index (χ2n) is 6.81. The molecule has 1 saturated heterocycles. The Kier molecular flexibility index (Phi) is 5.79. The van der Waals surface area contributed by atoms with E-state index in [1.807, 2.05) is 0 Å². The number of nitrogens with zero attached hydrogens (tertiary/aromatic N) is 3. The summed E-state index contributed by atoms with van der Waals surface area (Å²) in [6.07, 6.45) is 3.05. The number of hydrogen-bond acceptors (Lipinski definition) is 7. The van der Waals surface area contributed by atoms with Gasteiger partial charge in [-0.05, 0) is 31.0 Å². The van der Waals surface area contributed by atoms with Gasteiger partial charge in [0.1, 0.15) is 6.04 Å². The molecule has 0 unspecified atom stereocenters. The van der Waals surface area contributed by atoms with Crippen molar-refractivity contribution in [1.82, 2.24) is 13.6 Å². The summed E-state index contributed by atoms with van der Waals surface area (Å²) in [6, 6.07) is 3.80. The van der Waals surface area contributed by atoms with Gasteiger partial charge in [-0.1, -0.05) is 17.8 Å². The molecule has 154 valence electrons. The van der Waals surface area contributed by atoms with Crippen LogP contribution in [0.5, 0.6) is 0 Å². The van der Waals surface area contributed by atoms with E-state index in [0.29, 0.717) is 28.3 Å². The summed E-state index contributed by atoms with van der Waals surface area (Å²) in [5.41, 5.74) is 0.557. The fraction of sp³-hybridized carbons (Fsp3) is 0.500. The third-order valence-electron chi connectivity index (χ3n) is 4.55. The van der Waals surface area contributed by atoms with Crippen molar-refractivity contribution in [3.63, 3.8) is 0 Å². The molecule has 2 aromatic rings. The number of carbonyl (C=O) groups is 1. The van der Waals surface area contributed by atoms with Crippen molar-refractivity contribution in [3.8, 4) is 0 Å². The van der Waals surface area contributed by atoms with Gasteiger partial charge in [-0.15, -0.1) is 0 Å². The van der Waals surface area contributed by atoms with Gasteiger partial charge in [0.25, 0.3) is 0 Å². The molecule has 1 N–H and O–H groups in total. The highest BCUT2D eigenvalue weighted by molar-refractivity contribution is 7.89. The standard InChI is InChI=1S/C16H22N4O5S3/c1-19(2)28(24,25)11-7-8-12-14(10-11)26-16(17-12)18-15(21)13-6-4-5-9-20(13)27(3,22)23/h7-8,10,13H,4-6,9H2,1-3H3,(H,17,18,21)/t13-/m1/s1. The number of amides is 1. The third kappa shape index (κ3) is 4.20. The lowest BCUT2D eigenvalue weighted by Gasteiger charge is -2.32. The summed E-state index contributed by atoms with van der Waals surface area (Å²) >= 11 is 1.15. The number of rotatable bonds is 5. The molecule has 3 rings (SSSR count). The molecular formula is C16H22N4O5S3. The lowest BCUT2D eigenvalue weighted by molar-refractivity contribution is -0.120. The van der Waals surface area contributed by atoms with E-state index in [1.165, 1.54) is 30.5 Å². The van der Waals surface area contributed by atoms with Gasteiger partial charge >= 0.3 is 0 Å². The molecule has 0 saturated carbocycles. The number of piperidine rings is 1. The van der Waals surface area contributed by atoms with Crippen molar-refractivity contribution >= 4 is 52.6 Å². The first-order valence-electron chi connectivity index (χ1n) is 8.61. The average Bonchev–Trinajstić information content (AvgIpc) is 3.02. The number of sulfonamides is 2. The van der Waals surface area contributed by atoms with E-state index in [4.69, 9.17) is 0 Å². The predicted octanol–water partition coefficient (Wildman–Crippen LogP) is 1.30. The lowest BCUT2D eigenvalue weighted by atomic mass is 10.0. The number of carbonyl (C=O) groups excluding carboxylic acids is 1. The largest absolute Gasteiger partial charge is 0.301 e. The van der Waals surface area contributed by atoms with Crippen LogP contribution in [-0.2, 0) is 24.8 Å². The van der Waals surface area contributed by atoms with E-state index < -0.39 is 32.0 Å². The van der Waals surface area contributed by atoms with Gasteiger partial charge < -0.3 is 5.32 Å². The summed E-state index contributed by atoms with van der Waals surface area (Å²) < 4.78 is 51.4. The maximum absolute atomic E-state index is 12.7. The van der Waals surface area contributed by atoms with E-state index in [9.17, 15) is 21.6 Å². The first kappa shape index (κ1) is 21.1. The molecule has 1 aliphatic rings. The summed E-state index contributed by atoms with van der Waals surface area (Å²) in [6.45, 7) is 0.322. The Hall–Kier alpha value is -1.60. The fourth-order valence-corrected chi connectivity index (χ4v) is 6.12. The highest BCUT2D eigenvalue weighted by atomic mass is 32.2. The topological polar surface area (TPSA) is 117 Å². The number of anilines is 1. The molecule has 0 bridgehead atoms. The molecule has 1 fully saturated rings. The Labute approximate surface area is 168 Å². The minimum atomic E-state index is -3.57. The number of thiazole rings is 1. The highest BCUT2D eigenvalue weighted by Crippen LogP contribution is 2.30. The maximum atomic E-state index is 12.7. The number of benzene rings is 1. The Balaban J connectivity index is 1.85. The van der Waals surface area contributed by atoms with Crippen molar-refractivity contribution in [2.45, 2.75) is 30.2 Å². The van der Waals surface area contributed by atoms with Crippen LogP contribution in [0.25, 0.3) is 10.2 Å². The Morgan fingerprint density at radius 1 is 1.25 bits per heavy atom. The van der Waals surface area contributed by atoms with Crippen molar-refractivity contribution in [1.29, 1.82) is 0 Å². The molecule has 1 aliphatic heterocycles. The Bertz CT molecular complexity index is 1110. The van der Waals surface area contributed by atoms with Gasteiger partial charge in [-0.25, -0.2) is 26.1 Å². The lowest BCUT2D eigenvalue weighted by Crippen LogP contribution is -2.49. The molecule has 28 heavy (non-hydrogen) atoms. The van der Waals surface area contributed by atoms with Crippen LogP contribution < -0.4 is 5.32 Å². The summed E-state index contributed by atoms with van der Waals surface area (Å²) in [5, 5.41) is 2.99. The molecule has 1 atom stereocenters. The van der Waals surface area contributed by atoms with Gasteiger partial charge in [0, 0.05) is 20.6 Å². The minimum absolute atomic E-state index is 0.141. The SMILES string of the molecule is CN(C)S(=O)(=O)c1ccc2nc(NC(=O)[C@H]3CCCCN3S(C)(=O)=O)sc2c1. The van der Waals surface area contributed by atoms with Crippen molar-refractivity contribution in [2.24, 2.45) is 0 Å². The molecule has 1 aromatic heterocycles. The van der Waals surface area contributed by atoms with E-state index in [-0.39, 0.29) is 4.90 Å². The zero-order valence-corrected chi connectivity index (χ0v) is 18.2. The molecule has 2 heterocycles. The number of fused-ring (bicyclic) bond motifs is 1. The summed E-state index contributed by atoms with van der Waals surface area (Å²) in [4.78, 5) is 17.1. The summed E-state index contributed by atoms with van der Waals surface area (Å²) in [5.74, 6) is -0.426. The van der Waals surface area contributed by atoms with Crippen LogP contribution in [0, 0.1) is 0 Å². The van der Waals surface area contributed by atoms with Crippen molar-refractivity contribution < 1.29 is 21.6 Å². The van der Waals surface area contributed by atoms with Crippen LogP contribution in [0.2, 0.25) is 0 Å². The van der Waals surface area contributed by atoms with Gasteiger partial charge in [0.05, 0.1) is 21.4 Å². The molecule has 0 aliphatic carbocycles. The van der Waals surface area contributed by atoms with Crippen molar-refractivity contribution in [3.05, 3.63) is 18.2 Å². The predicted molar refractivity (Wildman–Crippen MR) is 108 cm³/mol. The molecule has 9 nitrogen and oxygen atoms in total. The van der Waals surface area contributed by atoms with Gasteiger partial charge in [0.2, 0.25) is 26.0 Å². The molecular weight excluding hydrogens is 424 g/mol. The Morgan fingerprint density at radius 2 is 1.96 bits per heavy atom. The molecule has 1 amide bonds. The highest BCUT2D eigenvalue weighted by Gasteiger charge is 2.34. The minimum Gasteiger partial charge on any atom is -0.301 e. The fourth-order valence-electron chi connectivity index (χ4n) is 3.08. The first-order valence-corrected chi connectivity index (χ1v) is 12.7. The smallest absolute Gasteiger partial charge is 0.244 e. The van der Waals surface area contributed by atoms with Crippen LogP contribution in [0.1, 0.15) is 19.3 Å². The van der Waals surface area contributed by atoms with Crippen LogP contribution >= 0.6 is 11.3 Å². The molecule has 0 spiro atoms. The van der Waals surface area contributed by atoms with E-state index in [0.717, 1.165) is 34.7 Å². The zero-order chi connectivity index (χ0) is 20.7. The maximum Gasteiger partial charge on any atom is 0.244 e. The number of hydrogen-bond donors (Lipinski definition) is 1. The van der Waals surface area contributed by atoms with Crippen LogP contribution in [0.3, 0.4) is 0 Å². The second kappa shape index (κ2) is 7.67. The quantitative estimate of drug-likeness (QED) is 0.740. The van der Waals surface area contributed by atoms with Gasteiger partial charge in [0.15, 0.2) is 5.13 Å². The van der Waals surface area contributed by atoms with Gasteiger partial charge in [-0.2, -0.15) is 4.31 Å². The van der Waals surface area contributed by atoms with Crippen LogP contribution in [0.15, 0.2) is 23.1 Å². The third-order valence-corrected chi connectivity index (χ3v) is 8.58. The average molecular weight is 447 g/mol. The second-order valence-corrected chi connectivity index (χ2v) is 11.9. The van der Waals surface area contributed by atoms with Gasteiger partial charge in [-0.3, -0.25) is 4.79 Å². The van der Waals surface area contributed by atoms with E-state index in [2.05, 4.69) is 10.3 Å². The zero-order valence-electron chi connectivity index (χ0n) is 15.7. The normalized spacial score (nSPS) is 19.2. The summed E-state index contributed by atoms with van der Waals surface area (Å²) in [7, 11) is -4.15. The van der Waals surface area contributed by atoms with Crippen LogP contribution in [-0.4, -0.2) is 69.3 Å². The van der Waals surface area contributed by atoms with E-state index >= 15 is 0 Å². The molecule has 1 aromatic carbocycles. The van der Waals surface area contributed by atoms with Crippen molar-refractivity contribution in [2.75, 3.05) is 32.2 Å². The molecule has 12 heteroatoms. The first-order chi connectivity index (χ1) is 13.0. The van der Waals surface area contributed by atoms with E-state index in [1.54, 1.807) is 6.07 Å². The Morgan fingerprint density at radius 3 is 2.61 bits per heavy atom. The number of nitrogens with one attached hydrogen (secondary N) is 1. The molecule has 0 radical (unpaired) electrons. The van der Waals surface area contributed by atoms with Crippen LogP contribution in [0.4, 0.5) is 5.13 Å². The number of aromatic nitrogens is 1.